The Kier molecular flexibility index (Phi) is 8.71. The van der Waals surface area contributed by atoms with Crippen LogP contribution in [0.1, 0.15) is 86.5 Å². The Hall–Kier alpha value is -1.48. The van der Waals surface area contributed by atoms with Crippen molar-refractivity contribution in [1.29, 1.82) is 0 Å². The number of carbonyl (C=O) groups excluding carboxylic acids is 2. The van der Waals surface area contributed by atoms with Crippen molar-refractivity contribution in [2.45, 2.75) is 136 Å². The van der Waals surface area contributed by atoms with Crippen molar-refractivity contribution in [3.63, 3.8) is 0 Å². The van der Waals surface area contributed by atoms with Gasteiger partial charge in [0.05, 0.1) is 36.9 Å². The van der Waals surface area contributed by atoms with E-state index in [0.29, 0.717) is 44.1 Å². The largest absolute Gasteiger partial charge is 0.432 e. The van der Waals surface area contributed by atoms with Crippen molar-refractivity contribution in [3.8, 4) is 0 Å². The zero-order valence-electron chi connectivity index (χ0n) is 29.0. The van der Waals surface area contributed by atoms with E-state index in [1.165, 1.54) is 0 Å². The molecular weight excluding hydrogens is 624 g/mol. The van der Waals surface area contributed by atoms with Crippen LogP contribution in [0.5, 0.6) is 0 Å². The molecule has 1 unspecified atom stereocenters. The highest BCUT2D eigenvalue weighted by Crippen LogP contribution is 2.75. The highest BCUT2D eigenvalue weighted by Gasteiger charge is 2.73. The third-order valence-corrected chi connectivity index (χ3v) is 15.2. The Morgan fingerprint density at radius 3 is 2.15 bits per heavy atom. The summed E-state index contributed by atoms with van der Waals surface area (Å²) in [6.07, 6.45) is -6.71. The number of ether oxygens (including phenoxy) is 2. The summed E-state index contributed by atoms with van der Waals surface area (Å²) in [6, 6.07) is 0. The zero-order valence-corrected chi connectivity index (χ0v) is 29.0. The minimum Gasteiger partial charge on any atom is -0.432 e. The number of fused-ring (bicyclic) bond motifs is 7. The van der Waals surface area contributed by atoms with E-state index in [1.54, 1.807) is 13.0 Å². The molecule has 48 heavy (non-hydrogen) atoms. The van der Waals surface area contributed by atoms with Crippen LogP contribution in [0, 0.1) is 50.2 Å². The fourth-order valence-corrected chi connectivity index (χ4v) is 12.0. The maximum absolute atomic E-state index is 14.7. The monoisotopic (exact) mass is 680 g/mol. The maximum Gasteiger partial charge on any atom is 0.315 e. The molecule has 0 aromatic carbocycles. The van der Waals surface area contributed by atoms with Gasteiger partial charge in [0.2, 0.25) is 6.29 Å². The van der Waals surface area contributed by atoms with E-state index in [2.05, 4.69) is 13.8 Å². The number of carbonyl (C=O) groups is 2. The minimum atomic E-state index is -1.78. The SMILES string of the molecule is CC1(C)CC[C@]2(C(=O)O[C@@H]3O[C@H](CO)[C@@H](O)[C@H](O)[C@H]3O)CC[C@]3(C)C(=CC(=O)[C@@H]4[C@@]5(C)C[C@@H](O)[C@H](O)[C@](C)(CO)[C@@H]5CC[C@]43C)C2[C@H]1O. The molecule has 12 heteroatoms. The summed E-state index contributed by atoms with van der Waals surface area (Å²) in [5, 5.41) is 85.8. The lowest BCUT2D eigenvalue weighted by Gasteiger charge is -2.71. The first-order valence-electron chi connectivity index (χ1n) is 17.6. The second-order valence-electron chi connectivity index (χ2n) is 17.8. The van der Waals surface area contributed by atoms with Crippen LogP contribution in [-0.2, 0) is 19.1 Å². The molecule has 5 aliphatic carbocycles. The molecule has 1 aliphatic heterocycles. The van der Waals surface area contributed by atoms with Crippen LogP contribution in [0.4, 0.5) is 0 Å². The quantitative estimate of drug-likeness (QED) is 0.192. The lowest BCUT2D eigenvalue weighted by Crippen LogP contribution is -2.70. The van der Waals surface area contributed by atoms with Crippen molar-refractivity contribution >= 4 is 11.8 Å². The average Bonchev–Trinajstić information content (AvgIpc) is 3.02. The normalized spacial score (nSPS) is 54.6. The molecule has 0 radical (unpaired) electrons. The highest BCUT2D eigenvalue weighted by atomic mass is 16.7. The molecule has 1 saturated heterocycles. The topological polar surface area (TPSA) is 214 Å². The van der Waals surface area contributed by atoms with Gasteiger partial charge in [-0.1, -0.05) is 47.1 Å². The number of aliphatic hydroxyl groups is 8. The summed E-state index contributed by atoms with van der Waals surface area (Å²) in [7, 11) is 0. The van der Waals surface area contributed by atoms with Gasteiger partial charge in [0.25, 0.3) is 0 Å². The first-order valence-corrected chi connectivity index (χ1v) is 17.6. The van der Waals surface area contributed by atoms with Gasteiger partial charge in [-0.25, -0.2) is 0 Å². The van der Waals surface area contributed by atoms with E-state index in [0.717, 1.165) is 0 Å². The van der Waals surface area contributed by atoms with Gasteiger partial charge in [0.15, 0.2) is 5.78 Å². The summed E-state index contributed by atoms with van der Waals surface area (Å²) >= 11 is 0. The van der Waals surface area contributed by atoms with Gasteiger partial charge < -0.3 is 50.3 Å². The van der Waals surface area contributed by atoms with E-state index in [4.69, 9.17) is 9.47 Å². The van der Waals surface area contributed by atoms with Crippen LogP contribution in [0.3, 0.4) is 0 Å². The van der Waals surface area contributed by atoms with E-state index >= 15 is 0 Å². The Bertz CT molecular complexity index is 1350. The first-order chi connectivity index (χ1) is 22.2. The molecule has 0 amide bonds. The summed E-state index contributed by atoms with van der Waals surface area (Å²) in [5.41, 5.74) is -4.26. The van der Waals surface area contributed by atoms with Crippen LogP contribution in [0.2, 0.25) is 0 Å². The number of rotatable bonds is 4. The molecule has 6 rings (SSSR count). The van der Waals surface area contributed by atoms with Crippen molar-refractivity contribution in [2.24, 2.45) is 50.2 Å². The summed E-state index contributed by atoms with van der Waals surface area (Å²) in [4.78, 5) is 29.1. The third kappa shape index (κ3) is 4.59. The van der Waals surface area contributed by atoms with Gasteiger partial charge in [-0.3, -0.25) is 9.59 Å². The van der Waals surface area contributed by atoms with Gasteiger partial charge in [-0.15, -0.1) is 0 Å². The number of aliphatic hydroxyl groups excluding tert-OH is 8. The fourth-order valence-electron chi connectivity index (χ4n) is 12.0. The molecule has 0 spiro atoms. The second-order valence-corrected chi connectivity index (χ2v) is 17.8. The van der Waals surface area contributed by atoms with Gasteiger partial charge in [-0.05, 0) is 78.6 Å². The number of ketones is 1. The van der Waals surface area contributed by atoms with Crippen molar-refractivity contribution in [1.82, 2.24) is 0 Å². The average molecular weight is 681 g/mol. The predicted molar refractivity (Wildman–Crippen MR) is 169 cm³/mol. The lowest BCUT2D eigenvalue weighted by atomic mass is 9.33. The first kappa shape index (κ1) is 36.3. The Morgan fingerprint density at radius 2 is 1.52 bits per heavy atom. The molecular formula is C36H56O12. The van der Waals surface area contributed by atoms with Gasteiger partial charge in [-0.2, -0.15) is 0 Å². The van der Waals surface area contributed by atoms with E-state index in [9.17, 15) is 50.4 Å². The van der Waals surface area contributed by atoms with Crippen LogP contribution in [0.15, 0.2) is 11.6 Å². The zero-order chi connectivity index (χ0) is 35.6. The molecule has 12 nitrogen and oxygen atoms in total. The number of allylic oxidation sites excluding steroid dienone is 1. The number of hydrogen-bond donors (Lipinski definition) is 8. The second kappa shape index (κ2) is 11.5. The van der Waals surface area contributed by atoms with Crippen molar-refractivity contribution in [2.75, 3.05) is 13.2 Å². The minimum absolute atomic E-state index is 0.158. The molecule has 4 saturated carbocycles. The highest BCUT2D eigenvalue weighted by molar-refractivity contribution is 5.96. The van der Waals surface area contributed by atoms with Gasteiger partial charge in [0.1, 0.15) is 24.4 Å². The lowest BCUT2D eigenvalue weighted by molar-refractivity contribution is -0.298. The third-order valence-electron chi connectivity index (χ3n) is 15.2. The van der Waals surface area contributed by atoms with Gasteiger partial charge in [0, 0.05) is 17.3 Å². The van der Waals surface area contributed by atoms with Crippen LogP contribution in [-0.4, -0.2) is 115 Å². The molecule has 0 bridgehead atoms. The van der Waals surface area contributed by atoms with Crippen LogP contribution in [0.25, 0.3) is 0 Å². The molecule has 6 aliphatic rings. The van der Waals surface area contributed by atoms with Crippen LogP contribution >= 0.6 is 0 Å². The Morgan fingerprint density at radius 1 is 0.875 bits per heavy atom. The molecule has 0 aromatic heterocycles. The fraction of sp³-hybridized carbons (Fsp3) is 0.889. The summed E-state index contributed by atoms with van der Waals surface area (Å²) < 4.78 is 11.3. The Labute approximate surface area is 282 Å². The predicted octanol–water partition coefficient (Wildman–Crippen LogP) is 0.585. The van der Waals surface area contributed by atoms with E-state index in [1.807, 2.05) is 20.8 Å². The van der Waals surface area contributed by atoms with Crippen molar-refractivity contribution in [3.05, 3.63) is 11.6 Å². The number of esters is 1. The van der Waals surface area contributed by atoms with Crippen molar-refractivity contribution < 1.29 is 59.9 Å². The standard InChI is InChI=1S/C36H56O12/c1-31(2)9-11-36(30(46)48-29-25(43)24(42)23(41)20(15-37)47-29)12-10-34(5)17(22(36)28(31)45)13-18(39)26-32(3)14-19(40)27(44)33(4,16-38)21(32)7-8-35(26,34)6/h13,19-29,37-38,40-45H,7-12,14-16H2,1-6H3/t19-,20-,21-,22?,23-,24+,25-,26-,27+,28-,29+,32+,33-,34-,35-,36+/m1/s1. The van der Waals surface area contributed by atoms with E-state index in [-0.39, 0.29) is 24.7 Å². The summed E-state index contributed by atoms with van der Waals surface area (Å²) in [5.74, 6) is -2.49. The molecule has 1 heterocycles. The molecule has 0 aromatic rings. The number of hydrogen-bond acceptors (Lipinski definition) is 12. The van der Waals surface area contributed by atoms with E-state index < -0.39 is 106 Å². The molecule has 16 atom stereocenters. The molecule has 5 fully saturated rings. The molecule has 272 valence electrons. The smallest absolute Gasteiger partial charge is 0.315 e. The Balaban J connectivity index is 1.42. The molecule has 8 N–H and O–H groups in total. The van der Waals surface area contributed by atoms with Gasteiger partial charge >= 0.3 is 5.97 Å². The van der Waals surface area contributed by atoms with Crippen LogP contribution < -0.4 is 0 Å². The maximum atomic E-state index is 14.7. The summed E-state index contributed by atoms with van der Waals surface area (Å²) in [6.45, 7) is 10.9.